The number of fused-ring (bicyclic) bond motifs is 1. The average molecular weight is 246 g/mol. The predicted molar refractivity (Wildman–Crippen MR) is 75.2 cm³/mol. The molecule has 0 saturated carbocycles. The summed E-state index contributed by atoms with van der Waals surface area (Å²) in [6.07, 6.45) is 8.55. The summed E-state index contributed by atoms with van der Waals surface area (Å²) in [5, 5.41) is 0. The number of nitrogens with zero attached hydrogens (tertiary/aromatic N) is 3. The predicted octanol–water partition coefficient (Wildman–Crippen LogP) is 3.23. The highest BCUT2D eigenvalue weighted by Crippen LogP contribution is 2.22. The van der Waals surface area contributed by atoms with E-state index in [1.165, 1.54) is 25.7 Å². The summed E-state index contributed by atoms with van der Waals surface area (Å²) in [6.45, 7) is 5.44. The summed E-state index contributed by atoms with van der Waals surface area (Å²) < 4.78 is 2.13. The molecule has 2 N–H and O–H groups in total. The monoisotopic (exact) mass is 246 g/mol. The summed E-state index contributed by atoms with van der Waals surface area (Å²) in [5.74, 6) is 1.28. The molecule has 0 fully saturated rings. The van der Waals surface area contributed by atoms with Gasteiger partial charge >= 0.3 is 0 Å². The quantitative estimate of drug-likeness (QED) is 0.851. The van der Waals surface area contributed by atoms with Crippen LogP contribution in [-0.2, 0) is 6.54 Å². The SMILES string of the molecule is CCCCC(CC)Cn1c(N)nc2cnccc21. The summed E-state index contributed by atoms with van der Waals surface area (Å²) in [5.41, 5.74) is 7.99. The van der Waals surface area contributed by atoms with Crippen LogP contribution in [0.2, 0.25) is 0 Å². The average Bonchev–Trinajstić information content (AvgIpc) is 2.70. The number of hydrogen-bond donors (Lipinski definition) is 1. The van der Waals surface area contributed by atoms with Gasteiger partial charge in [0.1, 0.15) is 5.52 Å². The Morgan fingerprint density at radius 3 is 2.94 bits per heavy atom. The molecule has 1 atom stereocenters. The minimum Gasteiger partial charge on any atom is -0.369 e. The van der Waals surface area contributed by atoms with Gasteiger partial charge in [0.25, 0.3) is 0 Å². The minimum atomic E-state index is 0.605. The zero-order valence-corrected chi connectivity index (χ0v) is 11.3. The molecule has 2 aromatic heterocycles. The second-order valence-corrected chi connectivity index (χ2v) is 4.86. The number of anilines is 1. The van der Waals surface area contributed by atoms with Gasteiger partial charge < -0.3 is 10.3 Å². The molecule has 2 aromatic rings. The Bertz CT molecular complexity index is 503. The maximum Gasteiger partial charge on any atom is 0.201 e. The van der Waals surface area contributed by atoms with Gasteiger partial charge in [-0.2, -0.15) is 0 Å². The maximum atomic E-state index is 6.01. The minimum absolute atomic E-state index is 0.605. The summed E-state index contributed by atoms with van der Waals surface area (Å²) in [7, 11) is 0. The van der Waals surface area contributed by atoms with E-state index in [2.05, 4.69) is 28.4 Å². The zero-order chi connectivity index (χ0) is 13.0. The number of nitrogen functional groups attached to an aromatic ring is 1. The third-order valence-electron chi connectivity index (χ3n) is 3.56. The van der Waals surface area contributed by atoms with Crippen LogP contribution < -0.4 is 5.73 Å². The molecule has 2 heterocycles. The van der Waals surface area contributed by atoms with E-state index < -0.39 is 0 Å². The molecule has 0 radical (unpaired) electrons. The lowest BCUT2D eigenvalue weighted by Crippen LogP contribution is -2.12. The van der Waals surface area contributed by atoms with Crippen molar-refractivity contribution in [2.24, 2.45) is 5.92 Å². The van der Waals surface area contributed by atoms with Crippen LogP contribution in [0.1, 0.15) is 39.5 Å². The van der Waals surface area contributed by atoms with E-state index in [0.29, 0.717) is 11.9 Å². The Balaban J connectivity index is 2.21. The molecule has 0 aliphatic rings. The normalized spacial score (nSPS) is 13.0. The van der Waals surface area contributed by atoms with Crippen molar-refractivity contribution in [3.05, 3.63) is 18.5 Å². The van der Waals surface area contributed by atoms with E-state index in [-0.39, 0.29) is 0 Å². The van der Waals surface area contributed by atoms with Gasteiger partial charge in [0.05, 0.1) is 11.7 Å². The van der Waals surface area contributed by atoms with Crippen LogP contribution in [0.5, 0.6) is 0 Å². The maximum absolute atomic E-state index is 6.01. The van der Waals surface area contributed by atoms with E-state index in [0.717, 1.165) is 17.6 Å². The van der Waals surface area contributed by atoms with Crippen molar-refractivity contribution in [2.45, 2.75) is 46.1 Å². The van der Waals surface area contributed by atoms with Crippen molar-refractivity contribution in [1.82, 2.24) is 14.5 Å². The summed E-state index contributed by atoms with van der Waals surface area (Å²) in [6, 6.07) is 1.99. The molecular weight excluding hydrogens is 224 g/mol. The van der Waals surface area contributed by atoms with Crippen molar-refractivity contribution in [3.63, 3.8) is 0 Å². The molecule has 2 rings (SSSR count). The van der Waals surface area contributed by atoms with E-state index >= 15 is 0 Å². The highest BCUT2D eigenvalue weighted by molar-refractivity contribution is 5.76. The molecule has 0 amide bonds. The number of unbranched alkanes of at least 4 members (excludes halogenated alkanes) is 1. The van der Waals surface area contributed by atoms with Gasteiger partial charge in [-0.1, -0.05) is 33.1 Å². The largest absolute Gasteiger partial charge is 0.369 e. The van der Waals surface area contributed by atoms with Gasteiger partial charge in [-0.25, -0.2) is 4.98 Å². The highest BCUT2D eigenvalue weighted by atomic mass is 15.2. The topological polar surface area (TPSA) is 56.7 Å². The second kappa shape index (κ2) is 5.85. The second-order valence-electron chi connectivity index (χ2n) is 4.86. The fraction of sp³-hybridized carbons (Fsp3) is 0.571. The fourth-order valence-corrected chi connectivity index (χ4v) is 2.37. The first kappa shape index (κ1) is 12.9. The summed E-state index contributed by atoms with van der Waals surface area (Å²) >= 11 is 0. The van der Waals surface area contributed by atoms with Crippen LogP contribution in [0.25, 0.3) is 11.0 Å². The molecule has 0 saturated heterocycles. The molecule has 0 aliphatic carbocycles. The van der Waals surface area contributed by atoms with Crippen LogP contribution in [0.4, 0.5) is 5.95 Å². The molecule has 0 bridgehead atoms. The Hall–Kier alpha value is -1.58. The van der Waals surface area contributed by atoms with Gasteiger partial charge in [0.2, 0.25) is 5.95 Å². The van der Waals surface area contributed by atoms with Crippen molar-refractivity contribution in [3.8, 4) is 0 Å². The van der Waals surface area contributed by atoms with Crippen molar-refractivity contribution in [2.75, 3.05) is 5.73 Å². The molecular formula is C14H22N4. The number of hydrogen-bond acceptors (Lipinski definition) is 3. The third kappa shape index (κ3) is 2.63. The van der Waals surface area contributed by atoms with Gasteiger partial charge in [0, 0.05) is 12.7 Å². The Morgan fingerprint density at radius 2 is 2.22 bits per heavy atom. The van der Waals surface area contributed by atoms with Gasteiger partial charge in [-0.3, -0.25) is 4.98 Å². The van der Waals surface area contributed by atoms with Crippen LogP contribution in [0, 0.1) is 5.92 Å². The van der Waals surface area contributed by atoms with Gasteiger partial charge in [0.15, 0.2) is 0 Å². The zero-order valence-electron chi connectivity index (χ0n) is 11.3. The first-order valence-corrected chi connectivity index (χ1v) is 6.82. The first-order chi connectivity index (χ1) is 8.76. The molecule has 0 spiro atoms. The lowest BCUT2D eigenvalue weighted by molar-refractivity contribution is 0.397. The van der Waals surface area contributed by atoms with Crippen molar-refractivity contribution in [1.29, 1.82) is 0 Å². The number of nitrogens with two attached hydrogens (primary N) is 1. The van der Waals surface area contributed by atoms with E-state index in [1.807, 2.05) is 6.07 Å². The molecule has 98 valence electrons. The van der Waals surface area contributed by atoms with Crippen LogP contribution in [0.3, 0.4) is 0 Å². The highest BCUT2D eigenvalue weighted by Gasteiger charge is 2.12. The number of imidazole rings is 1. The molecule has 0 aliphatic heterocycles. The lowest BCUT2D eigenvalue weighted by Gasteiger charge is -2.16. The standard InChI is InChI=1S/C14H22N4/c1-3-5-6-11(4-2)10-18-13-7-8-16-9-12(13)17-14(18)15/h7-9,11H,3-6,10H2,1-2H3,(H2,15,17). The van der Waals surface area contributed by atoms with Crippen molar-refractivity contribution >= 4 is 17.0 Å². The number of rotatable bonds is 6. The summed E-state index contributed by atoms with van der Waals surface area (Å²) in [4.78, 5) is 8.44. The smallest absolute Gasteiger partial charge is 0.201 e. The molecule has 4 nitrogen and oxygen atoms in total. The van der Waals surface area contributed by atoms with E-state index in [4.69, 9.17) is 5.73 Å². The number of pyridine rings is 1. The number of aromatic nitrogens is 3. The molecule has 4 heteroatoms. The Kier molecular flexibility index (Phi) is 4.18. The van der Waals surface area contributed by atoms with Crippen molar-refractivity contribution < 1.29 is 0 Å². The fourth-order valence-electron chi connectivity index (χ4n) is 2.37. The van der Waals surface area contributed by atoms with Crippen LogP contribution >= 0.6 is 0 Å². The first-order valence-electron chi connectivity index (χ1n) is 6.82. The van der Waals surface area contributed by atoms with Crippen LogP contribution in [0.15, 0.2) is 18.5 Å². The Labute approximate surface area is 108 Å². The van der Waals surface area contributed by atoms with E-state index in [9.17, 15) is 0 Å². The Morgan fingerprint density at radius 1 is 1.39 bits per heavy atom. The molecule has 0 aromatic carbocycles. The van der Waals surface area contributed by atoms with Gasteiger partial charge in [-0.05, 0) is 18.4 Å². The van der Waals surface area contributed by atoms with Gasteiger partial charge in [-0.15, -0.1) is 0 Å². The third-order valence-corrected chi connectivity index (χ3v) is 3.56. The molecule has 1 unspecified atom stereocenters. The lowest BCUT2D eigenvalue weighted by atomic mass is 9.99. The van der Waals surface area contributed by atoms with E-state index in [1.54, 1.807) is 12.4 Å². The molecule has 18 heavy (non-hydrogen) atoms. The van der Waals surface area contributed by atoms with Crippen LogP contribution in [-0.4, -0.2) is 14.5 Å².